The minimum absolute atomic E-state index is 0.0784. The van der Waals surface area contributed by atoms with Crippen molar-refractivity contribution in [3.8, 4) is 6.07 Å². The summed E-state index contributed by atoms with van der Waals surface area (Å²) < 4.78 is 0.713. The summed E-state index contributed by atoms with van der Waals surface area (Å²) >= 11 is 3.21. The fraction of sp³-hybridized carbons (Fsp3) is 0.357. The number of nitrogens with zero attached hydrogens (tertiary/aromatic N) is 4. The van der Waals surface area contributed by atoms with E-state index >= 15 is 0 Å². The van der Waals surface area contributed by atoms with Crippen molar-refractivity contribution in [2.24, 2.45) is 5.92 Å². The first-order valence-corrected chi connectivity index (χ1v) is 7.67. The Morgan fingerprint density at radius 3 is 2.52 bits per heavy atom. The molecule has 9 heteroatoms. The molecule has 0 saturated carbocycles. The topological polar surface area (TPSA) is 119 Å². The third-order valence-corrected chi connectivity index (χ3v) is 3.86. The summed E-state index contributed by atoms with van der Waals surface area (Å²) in [6, 6.07) is 1.84. The van der Waals surface area contributed by atoms with E-state index in [-0.39, 0.29) is 11.5 Å². The highest BCUT2D eigenvalue weighted by atomic mass is 79.9. The maximum atomic E-state index is 12.3. The average molecular weight is 380 g/mol. The summed E-state index contributed by atoms with van der Waals surface area (Å²) in [4.78, 5) is 32.6. The molecule has 1 aromatic heterocycles. The number of nitriles is 1. The van der Waals surface area contributed by atoms with Crippen LogP contribution >= 0.6 is 15.9 Å². The van der Waals surface area contributed by atoms with E-state index in [1.54, 1.807) is 0 Å². The van der Waals surface area contributed by atoms with E-state index in [1.807, 2.05) is 6.07 Å². The molecule has 1 fully saturated rings. The fourth-order valence-corrected chi connectivity index (χ4v) is 2.37. The number of anilines is 1. The number of carboxylic acids is 1. The number of aromatic nitrogens is 2. The number of carboxylic acid groups (broad SMARTS) is 1. The van der Waals surface area contributed by atoms with Crippen LogP contribution in [0.3, 0.4) is 0 Å². The molecule has 0 radical (unpaired) electrons. The van der Waals surface area contributed by atoms with Gasteiger partial charge in [-0.3, -0.25) is 9.59 Å². The molecule has 1 saturated heterocycles. The van der Waals surface area contributed by atoms with Gasteiger partial charge < -0.3 is 15.3 Å². The van der Waals surface area contributed by atoms with Gasteiger partial charge in [-0.2, -0.15) is 5.26 Å². The summed E-state index contributed by atoms with van der Waals surface area (Å²) in [7, 11) is 0. The Morgan fingerprint density at radius 1 is 1.39 bits per heavy atom. The van der Waals surface area contributed by atoms with Gasteiger partial charge in [-0.1, -0.05) is 0 Å². The minimum Gasteiger partial charge on any atom is -0.481 e. The lowest BCUT2D eigenvalue weighted by Crippen LogP contribution is -2.40. The number of carbonyl (C=O) groups excluding carboxylic acids is 1. The van der Waals surface area contributed by atoms with Crippen LogP contribution in [0.4, 0.5) is 5.95 Å². The highest BCUT2D eigenvalue weighted by Crippen LogP contribution is 2.18. The zero-order valence-electron chi connectivity index (χ0n) is 12.1. The molecule has 1 aliphatic rings. The second kappa shape index (κ2) is 7.69. The Hall–Kier alpha value is -2.47. The number of piperidine rings is 1. The van der Waals surface area contributed by atoms with Crippen molar-refractivity contribution in [1.82, 2.24) is 14.9 Å². The van der Waals surface area contributed by atoms with Crippen LogP contribution in [-0.2, 0) is 9.59 Å². The van der Waals surface area contributed by atoms with Crippen LogP contribution < -0.4 is 5.32 Å². The van der Waals surface area contributed by atoms with Gasteiger partial charge in [0, 0.05) is 31.7 Å². The molecule has 0 spiro atoms. The Morgan fingerprint density at radius 2 is 2.00 bits per heavy atom. The number of amides is 1. The van der Waals surface area contributed by atoms with E-state index in [4.69, 9.17) is 10.4 Å². The Kier molecular flexibility index (Phi) is 5.65. The summed E-state index contributed by atoms with van der Waals surface area (Å²) in [6.45, 7) is 0.646. The molecule has 23 heavy (non-hydrogen) atoms. The minimum atomic E-state index is -0.845. The molecular formula is C14H14BrN5O3. The maximum absolute atomic E-state index is 12.3. The molecule has 0 unspecified atom stereocenters. The zero-order valence-corrected chi connectivity index (χ0v) is 13.7. The predicted octanol–water partition coefficient (Wildman–Crippen LogP) is 1.38. The van der Waals surface area contributed by atoms with Crippen LogP contribution in [0.15, 0.2) is 28.6 Å². The van der Waals surface area contributed by atoms with Gasteiger partial charge in [0.2, 0.25) is 5.95 Å². The number of likely N-dealkylation sites (tertiary alicyclic amines) is 1. The van der Waals surface area contributed by atoms with Gasteiger partial charge in [-0.15, -0.1) is 0 Å². The van der Waals surface area contributed by atoms with Gasteiger partial charge in [0.15, 0.2) is 0 Å². The van der Waals surface area contributed by atoms with Crippen molar-refractivity contribution in [1.29, 1.82) is 5.26 Å². The first kappa shape index (κ1) is 16.9. The molecule has 120 valence electrons. The monoisotopic (exact) mass is 379 g/mol. The van der Waals surface area contributed by atoms with E-state index in [1.165, 1.54) is 23.5 Å². The number of carbonyl (C=O) groups is 2. The van der Waals surface area contributed by atoms with Crippen molar-refractivity contribution in [3.05, 3.63) is 28.6 Å². The first-order valence-electron chi connectivity index (χ1n) is 6.87. The molecule has 1 aliphatic heterocycles. The summed E-state index contributed by atoms with van der Waals surface area (Å²) in [5, 5.41) is 20.8. The van der Waals surface area contributed by atoms with E-state index < -0.39 is 17.8 Å². The lowest BCUT2D eigenvalue weighted by molar-refractivity contribution is -0.145. The number of hydrogen-bond acceptors (Lipinski definition) is 6. The van der Waals surface area contributed by atoms with Gasteiger partial charge in [0.1, 0.15) is 11.6 Å². The maximum Gasteiger partial charge on any atom is 0.306 e. The molecule has 1 aromatic rings. The second-order valence-electron chi connectivity index (χ2n) is 4.94. The van der Waals surface area contributed by atoms with Gasteiger partial charge >= 0.3 is 5.97 Å². The molecule has 2 N–H and O–H groups in total. The second-order valence-corrected chi connectivity index (χ2v) is 5.86. The van der Waals surface area contributed by atoms with Gasteiger partial charge in [-0.05, 0) is 28.8 Å². The molecular weight excluding hydrogens is 366 g/mol. The number of nitrogens with one attached hydrogen (secondary N) is 1. The Bertz CT molecular complexity index is 660. The lowest BCUT2D eigenvalue weighted by atomic mass is 9.97. The highest BCUT2D eigenvalue weighted by Gasteiger charge is 2.28. The SMILES string of the molecule is N#C/C(=C/Nc1ncc(Br)cn1)C(=O)N1CCC(C(=O)O)CC1. The normalized spacial score (nSPS) is 15.8. The molecule has 1 amide bonds. The highest BCUT2D eigenvalue weighted by molar-refractivity contribution is 9.10. The average Bonchev–Trinajstić information content (AvgIpc) is 2.57. The fourth-order valence-electron chi connectivity index (χ4n) is 2.17. The van der Waals surface area contributed by atoms with Crippen LogP contribution in [-0.4, -0.2) is 44.9 Å². The van der Waals surface area contributed by atoms with Crippen LogP contribution in [0, 0.1) is 17.2 Å². The zero-order chi connectivity index (χ0) is 16.8. The molecule has 0 aromatic carbocycles. The number of hydrogen-bond donors (Lipinski definition) is 2. The lowest BCUT2D eigenvalue weighted by Gasteiger charge is -2.29. The predicted molar refractivity (Wildman–Crippen MR) is 84.0 cm³/mol. The summed E-state index contributed by atoms with van der Waals surface area (Å²) in [6.07, 6.45) is 5.11. The smallest absolute Gasteiger partial charge is 0.306 e. The van der Waals surface area contributed by atoms with Gasteiger partial charge in [0.25, 0.3) is 5.91 Å². The van der Waals surface area contributed by atoms with Crippen molar-refractivity contribution in [2.75, 3.05) is 18.4 Å². The number of halogens is 1. The largest absolute Gasteiger partial charge is 0.481 e. The van der Waals surface area contributed by atoms with Crippen LogP contribution in [0.25, 0.3) is 0 Å². The van der Waals surface area contributed by atoms with Crippen LogP contribution in [0.1, 0.15) is 12.8 Å². The van der Waals surface area contributed by atoms with Crippen molar-refractivity contribution in [3.63, 3.8) is 0 Å². The molecule has 8 nitrogen and oxygen atoms in total. The molecule has 2 heterocycles. The third kappa shape index (κ3) is 4.50. The molecule has 0 aliphatic carbocycles. The standard InChI is InChI=1S/C14H14BrN5O3/c15-11-7-18-14(19-8-11)17-6-10(5-16)12(21)20-3-1-9(2-4-20)13(22)23/h6-9H,1-4H2,(H,22,23)(H,17,18,19)/b10-6-. The third-order valence-electron chi connectivity index (χ3n) is 3.45. The Balaban J connectivity index is 1.99. The van der Waals surface area contributed by atoms with Crippen molar-refractivity contribution < 1.29 is 14.7 Å². The van der Waals surface area contributed by atoms with E-state index in [0.29, 0.717) is 30.4 Å². The number of rotatable bonds is 4. The number of aliphatic carboxylic acids is 1. The Labute approximate surface area is 141 Å². The summed E-state index contributed by atoms with van der Waals surface area (Å²) in [5.74, 6) is -1.44. The van der Waals surface area contributed by atoms with E-state index in [2.05, 4.69) is 31.2 Å². The van der Waals surface area contributed by atoms with Crippen LogP contribution in [0.2, 0.25) is 0 Å². The first-order chi connectivity index (χ1) is 11.0. The molecule has 0 bridgehead atoms. The van der Waals surface area contributed by atoms with Gasteiger partial charge in [0.05, 0.1) is 10.4 Å². The van der Waals surface area contributed by atoms with Gasteiger partial charge in [-0.25, -0.2) is 9.97 Å². The molecule has 0 atom stereocenters. The van der Waals surface area contributed by atoms with E-state index in [0.717, 1.165) is 0 Å². The summed E-state index contributed by atoms with van der Waals surface area (Å²) in [5.41, 5.74) is -0.0784. The van der Waals surface area contributed by atoms with Crippen LogP contribution in [0.5, 0.6) is 0 Å². The van der Waals surface area contributed by atoms with E-state index in [9.17, 15) is 9.59 Å². The van der Waals surface area contributed by atoms with Crippen molar-refractivity contribution in [2.45, 2.75) is 12.8 Å². The molecule has 2 rings (SSSR count). The quantitative estimate of drug-likeness (QED) is 0.598. The van der Waals surface area contributed by atoms with Crippen molar-refractivity contribution >= 4 is 33.8 Å².